The van der Waals surface area contributed by atoms with E-state index in [9.17, 15) is 8.42 Å². The van der Waals surface area contributed by atoms with E-state index in [0.717, 1.165) is 0 Å². The van der Waals surface area contributed by atoms with Gasteiger partial charge < -0.3 is 9.47 Å². The number of halogens is 1. The lowest BCUT2D eigenvalue weighted by molar-refractivity contribution is 0.00154. The predicted octanol–water partition coefficient (Wildman–Crippen LogP) is 3.67. The molecule has 3 aromatic heterocycles. The van der Waals surface area contributed by atoms with E-state index >= 15 is 0 Å². The van der Waals surface area contributed by atoms with Crippen LogP contribution < -0.4 is 9.46 Å². The van der Waals surface area contributed by atoms with E-state index in [-0.39, 0.29) is 23.9 Å². The maximum Gasteiger partial charge on any atom is 0.240 e. The van der Waals surface area contributed by atoms with Crippen LogP contribution in [0.25, 0.3) is 11.5 Å². The number of hydrogen-bond donors (Lipinski definition) is 1. The Morgan fingerprint density at radius 3 is 2.32 bits per heavy atom. The highest BCUT2D eigenvalue weighted by Crippen LogP contribution is 2.29. The third-order valence-corrected chi connectivity index (χ3v) is 6.73. The van der Waals surface area contributed by atoms with Crippen molar-refractivity contribution in [3.05, 3.63) is 41.4 Å². The van der Waals surface area contributed by atoms with Gasteiger partial charge in [0.1, 0.15) is 17.0 Å². The summed E-state index contributed by atoms with van der Waals surface area (Å²) in [7, 11) is -2.50. The molecule has 0 aliphatic rings. The van der Waals surface area contributed by atoms with Crippen molar-refractivity contribution in [3.8, 4) is 17.4 Å². The van der Waals surface area contributed by atoms with Crippen molar-refractivity contribution >= 4 is 27.6 Å². The molecule has 184 valence electrons. The first-order valence-electron chi connectivity index (χ1n) is 10.6. The summed E-state index contributed by atoms with van der Waals surface area (Å²) in [4.78, 5) is 12.7. The highest BCUT2D eigenvalue weighted by molar-refractivity contribution is 7.93. The third kappa shape index (κ3) is 5.80. The summed E-state index contributed by atoms with van der Waals surface area (Å²) in [5.74, 6) is 1.07. The molecule has 3 rings (SSSR count). The van der Waals surface area contributed by atoms with Gasteiger partial charge in [-0.25, -0.2) is 23.4 Å². The first kappa shape index (κ1) is 25.8. The standard InChI is InChI=1S/C21H28ClN7O4S/c1-12(2)29-20(16-8-7-9-17(25-16)32-6)26-27-21(29)28-34(30,31)14(5)18(33-13(3)4)19-23-10-15(22)11-24-19/h7-14,18H,1-6H3,(H,27,28). The average Bonchev–Trinajstić information content (AvgIpc) is 3.20. The lowest BCUT2D eigenvalue weighted by Gasteiger charge is -2.25. The number of rotatable bonds is 10. The van der Waals surface area contributed by atoms with Gasteiger partial charge in [-0.1, -0.05) is 17.7 Å². The lowest BCUT2D eigenvalue weighted by Crippen LogP contribution is -2.35. The number of pyridine rings is 1. The van der Waals surface area contributed by atoms with Crippen LogP contribution in [0.4, 0.5) is 5.95 Å². The molecule has 3 heterocycles. The smallest absolute Gasteiger partial charge is 0.240 e. The molecule has 0 saturated carbocycles. The van der Waals surface area contributed by atoms with Crippen LogP contribution in [0.5, 0.6) is 5.88 Å². The molecule has 34 heavy (non-hydrogen) atoms. The Hall–Kier alpha value is -2.83. The van der Waals surface area contributed by atoms with Crippen LogP contribution in [0.3, 0.4) is 0 Å². The lowest BCUT2D eigenvalue weighted by atomic mass is 10.2. The van der Waals surface area contributed by atoms with Crippen LogP contribution in [0.1, 0.15) is 52.6 Å². The molecule has 0 saturated heterocycles. The third-order valence-electron chi connectivity index (χ3n) is 4.84. The van der Waals surface area contributed by atoms with Crippen molar-refractivity contribution in [2.24, 2.45) is 0 Å². The average molecular weight is 510 g/mol. The van der Waals surface area contributed by atoms with E-state index in [2.05, 4.69) is 29.9 Å². The van der Waals surface area contributed by atoms with Crippen molar-refractivity contribution < 1.29 is 17.9 Å². The number of nitrogens with zero attached hydrogens (tertiary/aromatic N) is 6. The van der Waals surface area contributed by atoms with Gasteiger partial charge in [0.05, 0.1) is 18.2 Å². The molecule has 0 spiro atoms. The molecule has 0 aliphatic carbocycles. The molecule has 0 aliphatic heterocycles. The molecule has 0 bridgehead atoms. The van der Waals surface area contributed by atoms with Gasteiger partial charge in [0.2, 0.25) is 21.9 Å². The first-order chi connectivity index (χ1) is 16.0. The van der Waals surface area contributed by atoms with Crippen molar-refractivity contribution in [2.75, 3.05) is 11.8 Å². The Morgan fingerprint density at radius 1 is 1.06 bits per heavy atom. The minimum atomic E-state index is -4.01. The van der Waals surface area contributed by atoms with E-state index in [1.807, 2.05) is 13.8 Å². The monoisotopic (exact) mass is 509 g/mol. The summed E-state index contributed by atoms with van der Waals surface area (Å²) in [6.45, 7) is 8.91. The second-order valence-corrected chi connectivity index (χ2v) is 10.6. The zero-order chi connectivity index (χ0) is 25.0. The topological polar surface area (TPSA) is 134 Å². The minimum Gasteiger partial charge on any atom is -0.481 e. The van der Waals surface area contributed by atoms with Gasteiger partial charge in [-0.2, -0.15) is 0 Å². The fourth-order valence-corrected chi connectivity index (χ4v) is 4.39. The van der Waals surface area contributed by atoms with Crippen LogP contribution in [0.15, 0.2) is 30.6 Å². The van der Waals surface area contributed by atoms with Gasteiger partial charge in [-0.15, -0.1) is 10.2 Å². The fourth-order valence-electron chi connectivity index (χ4n) is 3.20. The van der Waals surface area contributed by atoms with Gasteiger partial charge in [-0.3, -0.25) is 9.29 Å². The summed E-state index contributed by atoms with van der Waals surface area (Å²) >= 11 is 5.89. The molecule has 2 atom stereocenters. The van der Waals surface area contributed by atoms with E-state index < -0.39 is 21.4 Å². The van der Waals surface area contributed by atoms with Crippen LogP contribution in [0.2, 0.25) is 5.02 Å². The van der Waals surface area contributed by atoms with Crippen LogP contribution in [0, 0.1) is 0 Å². The second kappa shape index (κ2) is 10.6. The van der Waals surface area contributed by atoms with E-state index in [0.29, 0.717) is 22.4 Å². The number of sulfonamides is 1. The Morgan fingerprint density at radius 2 is 1.74 bits per heavy atom. The molecule has 0 radical (unpaired) electrons. The van der Waals surface area contributed by atoms with Crippen LogP contribution in [-0.4, -0.2) is 56.6 Å². The summed E-state index contributed by atoms with van der Waals surface area (Å²) in [6, 6.07) is 5.05. The van der Waals surface area contributed by atoms with Crippen molar-refractivity contribution in [3.63, 3.8) is 0 Å². The van der Waals surface area contributed by atoms with Gasteiger partial charge in [0, 0.05) is 24.5 Å². The summed E-state index contributed by atoms with van der Waals surface area (Å²) < 4.78 is 42.1. The Labute approximate surface area is 204 Å². The maximum atomic E-state index is 13.4. The highest BCUT2D eigenvalue weighted by Gasteiger charge is 2.35. The van der Waals surface area contributed by atoms with Crippen molar-refractivity contribution in [1.82, 2.24) is 29.7 Å². The molecule has 13 heteroatoms. The van der Waals surface area contributed by atoms with E-state index in [1.54, 1.807) is 36.6 Å². The fraction of sp³-hybridized carbons (Fsp3) is 0.476. The predicted molar refractivity (Wildman–Crippen MR) is 128 cm³/mol. The SMILES string of the molecule is COc1cccc(-c2nnc(NS(=O)(=O)C(C)C(OC(C)C)c3ncc(Cl)cn3)n2C(C)C)n1. The molecular formula is C21H28ClN7O4S. The molecule has 0 aromatic carbocycles. The number of nitrogens with one attached hydrogen (secondary N) is 1. The first-order valence-corrected chi connectivity index (χ1v) is 12.6. The summed E-state index contributed by atoms with van der Waals surface area (Å²) in [5.41, 5.74) is 0.495. The highest BCUT2D eigenvalue weighted by atomic mass is 35.5. The molecule has 0 amide bonds. The molecule has 2 unspecified atom stereocenters. The number of ether oxygens (including phenoxy) is 2. The normalized spacial score (nSPS) is 13.8. The number of hydrogen-bond acceptors (Lipinski definition) is 9. The van der Waals surface area contributed by atoms with Gasteiger partial charge in [0.15, 0.2) is 11.6 Å². The van der Waals surface area contributed by atoms with Crippen molar-refractivity contribution in [2.45, 2.75) is 58.1 Å². The molecule has 1 N–H and O–H groups in total. The van der Waals surface area contributed by atoms with Gasteiger partial charge >= 0.3 is 0 Å². The minimum absolute atomic E-state index is 0.0572. The largest absolute Gasteiger partial charge is 0.481 e. The van der Waals surface area contributed by atoms with Gasteiger partial charge in [-0.05, 0) is 40.7 Å². The molecule has 0 fully saturated rings. The summed E-state index contributed by atoms with van der Waals surface area (Å²) in [5, 5.41) is 7.55. The van der Waals surface area contributed by atoms with E-state index in [4.69, 9.17) is 21.1 Å². The zero-order valence-corrected chi connectivity index (χ0v) is 21.4. The number of aromatic nitrogens is 6. The number of anilines is 1. The Bertz CT molecular complexity index is 1220. The van der Waals surface area contributed by atoms with Crippen LogP contribution in [-0.2, 0) is 14.8 Å². The molecule has 3 aromatic rings. The Balaban J connectivity index is 1.96. The molecular weight excluding hydrogens is 482 g/mol. The quantitative estimate of drug-likeness (QED) is 0.434. The van der Waals surface area contributed by atoms with E-state index in [1.165, 1.54) is 26.4 Å². The Kier molecular flexibility index (Phi) is 8.05. The molecule has 11 nitrogen and oxygen atoms in total. The maximum absolute atomic E-state index is 13.4. The van der Waals surface area contributed by atoms with Crippen molar-refractivity contribution in [1.29, 1.82) is 0 Å². The zero-order valence-electron chi connectivity index (χ0n) is 19.8. The number of methoxy groups -OCH3 is 1. The van der Waals surface area contributed by atoms with Gasteiger partial charge in [0.25, 0.3) is 0 Å². The van der Waals surface area contributed by atoms with Crippen LogP contribution >= 0.6 is 11.6 Å². The second-order valence-electron chi connectivity index (χ2n) is 8.09. The summed E-state index contributed by atoms with van der Waals surface area (Å²) in [6.07, 6.45) is 1.59.